The molecule has 1 aromatic rings. The average molecular weight is 294 g/mol. The number of nitrogens with zero attached hydrogens (tertiary/aromatic N) is 2. The summed E-state index contributed by atoms with van der Waals surface area (Å²) < 4.78 is 0. The van der Waals surface area contributed by atoms with Crippen molar-refractivity contribution in [1.29, 1.82) is 0 Å². The van der Waals surface area contributed by atoms with E-state index in [9.17, 15) is 5.11 Å². The van der Waals surface area contributed by atoms with Gasteiger partial charge in [0.05, 0.1) is 6.10 Å². The van der Waals surface area contributed by atoms with E-state index in [2.05, 4.69) is 55.2 Å². The maximum atomic E-state index is 10.1. The third-order valence-corrected chi connectivity index (χ3v) is 3.16. The monoisotopic (exact) mass is 294 g/mol. The van der Waals surface area contributed by atoms with E-state index in [1.165, 1.54) is 0 Å². The van der Waals surface area contributed by atoms with Crippen molar-refractivity contribution >= 4 is 11.6 Å². The number of anilines is 2. The molecule has 0 radical (unpaired) electrons. The summed E-state index contributed by atoms with van der Waals surface area (Å²) in [5.41, 5.74) is 1.19. The van der Waals surface area contributed by atoms with Crippen LogP contribution in [-0.2, 0) is 0 Å². The molecule has 21 heavy (non-hydrogen) atoms. The second-order valence-electron chi connectivity index (χ2n) is 6.97. The first kappa shape index (κ1) is 17.7. The molecule has 1 atom stereocenters. The van der Waals surface area contributed by atoms with Crippen molar-refractivity contribution < 1.29 is 5.11 Å². The Morgan fingerprint density at radius 1 is 1.14 bits per heavy atom. The fraction of sp³-hybridized carbons (Fsp3) is 0.750. The first-order valence-corrected chi connectivity index (χ1v) is 7.75. The summed E-state index contributed by atoms with van der Waals surface area (Å²) in [6.07, 6.45) is 1.92. The van der Waals surface area contributed by atoms with E-state index in [-0.39, 0.29) is 11.5 Å². The van der Waals surface area contributed by atoms with Crippen molar-refractivity contribution in [3.63, 3.8) is 0 Å². The fourth-order valence-electron chi connectivity index (χ4n) is 2.39. The zero-order chi connectivity index (χ0) is 16.0. The van der Waals surface area contributed by atoms with Crippen LogP contribution in [0.1, 0.15) is 59.4 Å². The third kappa shape index (κ3) is 5.87. The number of aliphatic hydroxyl groups is 1. The number of rotatable bonds is 7. The summed E-state index contributed by atoms with van der Waals surface area (Å²) in [6.45, 7) is 14.0. The van der Waals surface area contributed by atoms with Crippen molar-refractivity contribution in [2.45, 2.75) is 60.0 Å². The second kappa shape index (κ2) is 7.59. The molecule has 1 heterocycles. The lowest BCUT2D eigenvalue weighted by Crippen LogP contribution is -2.26. The fourth-order valence-corrected chi connectivity index (χ4v) is 2.39. The van der Waals surface area contributed by atoms with Gasteiger partial charge in [-0.15, -0.1) is 0 Å². The highest BCUT2D eigenvalue weighted by molar-refractivity contribution is 5.59. The smallest absolute Gasteiger partial charge is 0.135 e. The molecule has 3 N–H and O–H groups in total. The molecular formula is C16H30N4O. The van der Waals surface area contributed by atoms with E-state index in [0.717, 1.165) is 30.2 Å². The van der Waals surface area contributed by atoms with Gasteiger partial charge in [-0.3, -0.25) is 0 Å². The third-order valence-electron chi connectivity index (χ3n) is 3.16. The predicted octanol–water partition coefficient (Wildman–Crippen LogP) is 3.24. The van der Waals surface area contributed by atoms with E-state index < -0.39 is 0 Å². The summed E-state index contributed by atoms with van der Waals surface area (Å²) in [4.78, 5) is 8.65. The van der Waals surface area contributed by atoms with Gasteiger partial charge < -0.3 is 15.7 Å². The minimum absolute atomic E-state index is 0.114. The van der Waals surface area contributed by atoms with Gasteiger partial charge in [0.1, 0.15) is 18.0 Å². The van der Waals surface area contributed by atoms with E-state index in [1.54, 1.807) is 6.33 Å². The van der Waals surface area contributed by atoms with Gasteiger partial charge in [0.25, 0.3) is 0 Å². The maximum absolute atomic E-state index is 10.1. The van der Waals surface area contributed by atoms with Crippen LogP contribution in [0, 0.1) is 5.41 Å². The zero-order valence-corrected chi connectivity index (χ0v) is 14.2. The maximum Gasteiger partial charge on any atom is 0.135 e. The van der Waals surface area contributed by atoms with E-state index >= 15 is 0 Å². The molecule has 1 unspecified atom stereocenters. The number of aliphatic hydroxyl groups excluding tert-OH is 1. The minimum Gasteiger partial charge on any atom is -0.391 e. The zero-order valence-electron chi connectivity index (χ0n) is 14.2. The Balaban J connectivity index is 2.81. The van der Waals surface area contributed by atoms with Crippen LogP contribution >= 0.6 is 0 Å². The highest BCUT2D eigenvalue weighted by Gasteiger charge is 2.18. The van der Waals surface area contributed by atoms with Gasteiger partial charge in [0, 0.05) is 18.7 Å². The summed E-state index contributed by atoms with van der Waals surface area (Å²) in [7, 11) is 0. The molecule has 0 bridgehead atoms. The Morgan fingerprint density at radius 2 is 1.71 bits per heavy atom. The first-order valence-electron chi connectivity index (χ1n) is 7.75. The molecule has 5 heteroatoms. The Hall–Kier alpha value is -1.36. The Kier molecular flexibility index (Phi) is 6.40. The van der Waals surface area contributed by atoms with Gasteiger partial charge >= 0.3 is 0 Å². The van der Waals surface area contributed by atoms with Crippen LogP contribution in [0.3, 0.4) is 0 Å². The van der Waals surface area contributed by atoms with Crippen molar-refractivity contribution in [3.8, 4) is 0 Å². The largest absolute Gasteiger partial charge is 0.391 e. The number of hydrogen-bond donors (Lipinski definition) is 3. The van der Waals surface area contributed by atoms with Gasteiger partial charge in [-0.05, 0) is 24.7 Å². The van der Waals surface area contributed by atoms with Gasteiger partial charge in [-0.1, -0.05) is 34.6 Å². The molecule has 1 aromatic heterocycles. The molecule has 0 spiro atoms. The van der Waals surface area contributed by atoms with E-state index in [1.807, 2.05) is 6.92 Å². The molecule has 0 aromatic carbocycles. The molecular weight excluding hydrogens is 264 g/mol. The van der Waals surface area contributed by atoms with Crippen LogP contribution in [0.2, 0.25) is 0 Å². The number of aromatic nitrogens is 2. The average Bonchev–Trinajstić information content (AvgIpc) is 2.34. The summed E-state index contributed by atoms with van der Waals surface area (Å²) in [5.74, 6) is 1.99. The minimum atomic E-state index is -0.387. The van der Waals surface area contributed by atoms with Crippen LogP contribution in [0.15, 0.2) is 6.33 Å². The molecule has 0 saturated heterocycles. The Bertz CT molecular complexity index is 440. The van der Waals surface area contributed by atoms with Crippen LogP contribution in [0.25, 0.3) is 0 Å². The highest BCUT2D eigenvalue weighted by Crippen LogP contribution is 2.28. The van der Waals surface area contributed by atoms with Crippen molar-refractivity contribution in [2.75, 3.05) is 23.7 Å². The standard InChI is InChI=1S/C16H30N4O/c1-7-17-14-13(11(2)3)15(20-10-19-14)18-9-12(21)8-16(4,5)6/h10-12,21H,7-9H2,1-6H3,(H2,17,18,19,20). The van der Waals surface area contributed by atoms with Crippen molar-refractivity contribution in [1.82, 2.24) is 9.97 Å². The van der Waals surface area contributed by atoms with Gasteiger partial charge in [0.2, 0.25) is 0 Å². The quantitative estimate of drug-likeness (QED) is 0.720. The summed E-state index contributed by atoms with van der Waals surface area (Å²) >= 11 is 0. The van der Waals surface area contributed by atoms with Crippen LogP contribution in [0.4, 0.5) is 11.6 Å². The molecule has 0 amide bonds. The molecule has 0 aliphatic heterocycles. The second-order valence-corrected chi connectivity index (χ2v) is 6.97. The Morgan fingerprint density at radius 3 is 2.19 bits per heavy atom. The van der Waals surface area contributed by atoms with E-state index in [4.69, 9.17) is 0 Å². The van der Waals surface area contributed by atoms with Crippen LogP contribution in [0.5, 0.6) is 0 Å². The van der Waals surface area contributed by atoms with Crippen molar-refractivity contribution in [3.05, 3.63) is 11.9 Å². The first-order chi connectivity index (χ1) is 9.74. The predicted molar refractivity (Wildman–Crippen MR) is 88.9 cm³/mol. The SMILES string of the molecule is CCNc1ncnc(NCC(O)CC(C)(C)C)c1C(C)C. The van der Waals surface area contributed by atoms with Gasteiger partial charge in [0.15, 0.2) is 0 Å². The molecule has 0 aliphatic carbocycles. The summed E-state index contributed by atoms with van der Waals surface area (Å²) in [6, 6.07) is 0. The lowest BCUT2D eigenvalue weighted by atomic mass is 9.89. The van der Waals surface area contributed by atoms with Crippen LogP contribution < -0.4 is 10.6 Å². The molecule has 0 fully saturated rings. The molecule has 0 aliphatic rings. The number of hydrogen-bond acceptors (Lipinski definition) is 5. The van der Waals surface area contributed by atoms with E-state index in [0.29, 0.717) is 12.5 Å². The van der Waals surface area contributed by atoms with Gasteiger partial charge in [-0.2, -0.15) is 0 Å². The molecule has 5 nitrogen and oxygen atoms in total. The lowest BCUT2D eigenvalue weighted by molar-refractivity contribution is 0.132. The topological polar surface area (TPSA) is 70.1 Å². The van der Waals surface area contributed by atoms with Crippen molar-refractivity contribution in [2.24, 2.45) is 5.41 Å². The molecule has 120 valence electrons. The molecule has 1 rings (SSSR count). The summed E-state index contributed by atoms with van der Waals surface area (Å²) in [5, 5.41) is 16.7. The van der Waals surface area contributed by atoms with Gasteiger partial charge in [-0.25, -0.2) is 9.97 Å². The highest BCUT2D eigenvalue weighted by atomic mass is 16.3. The van der Waals surface area contributed by atoms with Crippen LogP contribution in [-0.4, -0.2) is 34.3 Å². The lowest BCUT2D eigenvalue weighted by Gasteiger charge is -2.23. The Labute approximate surface area is 128 Å². The number of nitrogens with one attached hydrogen (secondary N) is 2. The normalized spacial score (nSPS) is 13.3. The molecule has 0 saturated carbocycles.